The Balaban J connectivity index is 1.31. The summed E-state index contributed by atoms with van der Waals surface area (Å²) in [5.74, 6) is 1.11. The van der Waals surface area contributed by atoms with Crippen molar-refractivity contribution in [2.24, 2.45) is 0 Å². The van der Waals surface area contributed by atoms with Crippen molar-refractivity contribution in [1.82, 2.24) is 9.44 Å². The second-order valence-corrected chi connectivity index (χ2v) is 13.4. The van der Waals surface area contributed by atoms with Gasteiger partial charge in [-0.2, -0.15) is 0 Å². The van der Waals surface area contributed by atoms with Gasteiger partial charge in [0.1, 0.15) is 15.7 Å². The van der Waals surface area contributed by atoms with Gasteiger partial charge in [0.15, 0.2) is 0 Å². The lowest BCUT2D eigenvalue weighted by Gasteiger charge is -2.14. The van der Waals surface area contributed by atoms with Crippen molar-refractivity contribution in [3.63, 3.8) is 0 Å². The van der Waals surface area contributed by atoms with Crippen molar-refractivity contribution >= 4 is 47.8 Å². The summed E-state index contributed by atoms with van der Waals surface area (Å²) in [7, 11) is -8.01. The van der Waals surface area contributed by atoms with Crippen LogP contribution in [-0.4, -0.2) is 34.8 Å². The minimum atomic E-state index is -4.01. The summed E-state index contributed by atoms with van der Waals surface area (Å²) in [5.41, 5.74) is 0.790. The molecule has 0 spiro atoms. The number of rotatable bonds is 11. The molecule has 0 aliphatic carbocycles. The number of nitro groups is 1. The predicted molar refractivity (Wildman–Crippen MR) is 157 cm³/mol. The molecule has 2 N–H and O–H groups in total. The Morgan fingerprint density at radius 1 is 0.707 bits per heavy atom. The van der Waals surface area contributed by atoms with Gasteiger partial charge in [-0.1, -0.05) is 54.6 Å². The maximum absolute atomic E-state index is 13.2. The molecular formula is C28H23N3O7S3. The molecule has 0 saturated carbocycles. The molecule has 41 heavy (non-hydrogen) atoms. The molecule has 0 bridgehead atoms. The standard InChI is InChI=1S/C28H23N3O7S3/c32-31(33)21-12-14-22(15-13-21)40(34,35)29-17-18-30-41(36,37)28-25(16-19-39-28)24-9-3-4-10-27(24)38-26-11-5-7-20-6-1-2-8-23(20)26/h1-16,19,29-30H,17-18H2. The van der Waals surface area contributed by atoms with Gasteiger partial charge >= 0.3 is 0 Å². The highest BCUT2D eigenvalue weighted by atomic mass is 32.2. The fourth-order valence-corrected chi connectivity index (χ4v) is 7.64. The first-order valence-corrected chi connectivity index (χ1v) is 16.1. The molecule has 0 unspecified atom stereocenters. The third-order valence-corrected chi connectivity index (χ3v) is 10.5. The zero-order chi connectivity index (χ0) is 29.0. The Morgan fingerprint density at radius 3 is 2.10 bits per heavy atom. The fourth-order valence-electron chi connectivity index (χ4n) is 4.15. The zero-order valence-electron chi connectivity index (χ0n) is 21.3. The Morgan fingerprint density at radius 2 is 1.34 bits per heavy atom. The molecule has 13 heteroatoms. The van der Waals surface area contributed by atoms with E-state index in [1.807, 2.05) is 42.5 Å². The van der Waals surface area contributed by atoms with Gasteiger partial charge in [-0.3, -0.25) is 10.1 Å². The number of benzene rings is 4. The number of nitro benzene ring substituents is 1. The van der Waals surface area contributed by atoms with Gasteiger partial charge in [0.25, 0.3) is 15.7 Å². The first-order valence-electron chi connectivity index (χ1n) is 12.2. The van der Waals surface area contributed by atoms with Gasteiger partial charge in [0.05, 0.1) is 9.82 Å². The lowest BCUT2D eigenvalue weighted by Crippen LogP contribution is -2.34. The number of sulfonamides is 2. The first kappa shape index (κ1) is 28.4. The van der Waals surface area contributed by atoms with Crippen molar-refractivity contribution < 1.29 is 26.5 Å². The van der Waals surface area contributed by atoms with Crippen LogP contribution in [0.15, 0.2) is 112 Å². The second-order valence-electron chi connectivity index (χ2n) is 8.74. The summed E-state index contributed by atoms with van der Waals surface area (Å²) >= 11 is 1.03. The molecule has 0 aliphatic heterocycles. The van der Waals surface area contributed by atoms with Crippen molar-refractivity contribution in [3.8, 4) is 22.6 Å². The third kappa shape index (κ3) is 6.29. The van der Waals surface area contributed by atoms with Crippen LogP contribution in [0.4, 0.5) is 5.69 Å². The Hall–Kier alpha value is -4.14. The molecule has 0 aliphatic rings. The van der Waals surface area contributed by atoms with E-state index in [4.69, 9.17) is 4.74 Å². The average molecular weight is 610 g/mol. The Bertz CT molecular complexity index is 1930. The summed E-state index contributed by atoms with van der Waals surface area (Å²) in [6.07, 6.45) is 0. The molecule has 10 nitrogen and oxygen atoms in total. The van der Waals surface area contributed by atoms with Gasteiger partial charge in [-0.15, -0.1) is 11.3 Å². The van der Waals surface area contributed by atoms with Crippen molar-refractivity contribution in [2.45, 2.75) is 9.10 Å². The Labute approximate surface area is 240 Å². The van der Waals surface area contributed by atoms with E-state index < -0.39 is 25.0 Å². The second kappa shape index (κ2) is 11.8. The SMILES string of the molecule is O=[N+]([O-])c1ccc(S(=O)(=O)NCCNS(=O)(=O)c2sccc2-c2ccccc2Oc2cccc3ccccc23)cc1. The minimum Gasteiger partial charge on any atom is -0.456 e. The number of para-hydroxylation sites is 1. The largest absolute Gasteiger partial charge is 0.456 e. The van der Waals surface area contributed by atoms with E-state index in [-0.39, 0.29) is 27.9 Å². The van der Waals surface area contributed by atoms with Crippen LogP contribution in [0.3, 0.4) is 0 Å². The number of non-ortho nitro benzene ring substituents is 1. The molecule has 210 valence electrons. The van der Waals surface area contributed by atoms with Gasteiger partial charge in [-0.05, 0) is 41.1 Å². The molecular weight excluding hydrogens is 587 g/mol. The minimum absolute atomic E-state index is 0.0599. The number of fused-ring (bicyclic) bond motifs is 1. The van der Waals surface area contributed by atoms with Gasteiger partial charge in [0, 0.05) is 41.7 Å². The van der Waals surface area contributed by atoms with Gasteiger partial charge in [0.2, 0.25) is 10.0 Å². The monoisotopic (exact) mass is 609 g/mol. The lowest BCUT2D eigenvalue weighted by molar-refractivity contribution is -0.384. The van der Waals surface area contributed by atoms with Crippen LogP contribution in [0.25, 0.3) is 21.9 Å². The summed E-state index contributed by atoms with van der Waals surface area (Å²) in [6.45, 7) is -0.458. The summed E-state index contributed by atoms with van der Waals surface area (Å²) in [4.78, 5) is 9.99. The van der Waals surface area contributed by atoms with E-state index >= 15 is 0 Å². The smallest absolute Gasteiger partial charge is 0.269 e. The van der Waals surface area contributed by atoms with Crippen LogP contribution >= 0.6 is 11.3 Å². The highest BCUT2D eigenvalue weighted by molar-refractivity contribution is 7.91. The highest BCUT2D eigenvalue weighted by Crippen LogP contribution is 2.40. The van der Waals surface area contributed by atoms with Crippen molar-refractivity contribution in [3.05, 3.63) is 113 Å². The molecule has 1 heterocycles. The van der Waals surface area contributed by atoms with E-state index in [0.29, 0.717) is 22.6 Å². The number of nitrogens with zero attached hydrogens (tertiary/aromatic N) is 1. The topological polar surface area (TPSA) is 145 Å². The van der Waals surface area contributed by atoms with Crippen LogP contribution < -0.4 is 14.2 Å². The van der Waals surface area contributed by atoms with Gasteiger partial charge in [-0.25, -0.2) is 26.3 Å². The molecule has 0 saturated heterocycles. The number of ether oxygens (including phenoxy) is 1. The number of thiophene rings is 1. The summed E-state index contributed by atoms with van der Waals surface area (Å²) < 4.78 is 62.6. The number of hydrogen-bond acceptors (Lipinski definition) is 8. The normalized spacial score (nSPS) is 11.9. The van der Waals surface area contributed by atoms with E-state index in [0.717, 1.165) is 46.4 Å². The third-order valence-electron chi connectivity index (χ3n) is 6.09. The van der Waals surface area contributed by atoms with E-state index in [2.05, 4.69) is 9.44 Å². The van der Waals surface area contributed by atoms with Crippen LogP contribution in [0.1, 0.15) is 0 Å². The van der Waals surface area contributed by atoms with Crippen LogP contribution in [0.5, 0.6) is 11.5 Å². The molecule has 4 aromatic carbocycles. The van der Waals surface area contributed by atoms with Crippen molar-refractivity contribution in [1.29, 1.82) is 0 Å². The molecule has 1 aromatic heterocycles. The van der Waals surface area contributed by atoms with E-state index in [9.17, 15) is 26.9 Å². The average Bonchev–Trinajstić information content (AvgIpc) is 3.47. The zero-order valence-corrected chi connectivity index (χ0v) is 23.7. The molecule has 0 radical (unpaired) electrons. The van der Waals surface area contributed by atoms with Crippen molar-refractivity contribution in [2.75, 3.05) is 13.1 Å². The maximum atomic E-state index is 13.2. The van der Waals surface area contributed by atoms with Crippen LogP contribution in [0.2, 0.25) is 0 Å². The molecule has 0 amide bonds. The lowest BCUT2D eigenvalue weighted by atomic mass is 10.1. The highest BCUT2D eigenvalue weighted by Gasteiger charge is 2.23. The maximum Gasteiger partial charge on any atom is 0.269 e. The number of nitrogens with one attached hydrogen (secondary N) is 2. The van der Waals surface area contributed by atoms with E-state index in [1.165, 1.54) is 0 Å². The first-order chi connectivity index (χ1) is 19.7. The van der Waals surface area contributed by atoms with Crippen LogP contribution in [0, 0.1) is 10.1 Å². The Kier molecular flexibility index (Phi) is 8.15. The summed E-state index contributed by atoms with van der Waals surface area (Å²) in [5, 5.41) is 14.4. The molecule has 0 atom stereocenters. The fraction of sp³-hybridized carbons (Fsp3) is 0.0714. The summed E-state index contributed by atoms with van der Waals surface area (Å²) in [6, 6.07) is 26.7. The van der Waals surface area contributed by atoms with Gasteiger partial charge < -0.3 is 4.74 Å². The van der Waals surface area contributed by atoms with E-state index in [1.54, 1.807) is 35.7 Å². The molecule has 0 fully saturated rings. The predicted octanol–water partition coefficient (Wildman–Crippen LogP) is 5.53. The number of hydrogen-bond donors (Lipinski definition) is 2. The van der Waals surface area contributed by atoms with Crippen LogP contribution in [-0.2, 0) is 20.0 Å². The quantitative estimate of drug-likeness (QED) is 0.114. The molecule has 5 aromatic rings. The molecule has 5 rings (SSSR count).